The van der Waals surface area contributed by atoms with Gasteiger partial charge >= 0.3 is 5.97 Å². The molecule has 1 unspecified atom stereocenters. The highest BCUT2D eigenvalue weighted by Gasteiger charge is 2.31. The van der Waals surface area contributed by atoms with Gasteiger partial charge in [0.05, 0.1) is 23.8 Å². The van der Waals surface area contributed by atoms with E-state index >= 15 is 0 Å². The third-order valence-electron chi connectivity index (χ3n) is 3.08. The molecule has 0 saturated carbocycles. The Morgan fingerprint density at radius 3 is 2.85 bits per heavy atom. The van der Waals surface area contributed by atoms with Crippen LogP contribution in [0.25, 0.3) is 0 Å². The smallest absolute Gasteiger partial charge is 0.347 e. The number of aromatic carboxylic acids is 1. The third kappa shape index (κ3) is 3.10. The molecule has 2 heterocycles. The van der Waals surface area contributed by atoms with Crippen LogP contribution >= 0.6 is 11.3 Å². The van der Waals surface area contributed by atoms with Gasteiger partial charge in [-0.15, -0.1) is 0 Å². The van der Waals surface area contributed by atoms with Gasteiger partial charge in [-0.1, -0.05) is 11.3 Å². The van der Waals surface area contributed by atoms with Gasteiger partial charge in [-0.2, -0.15) is 0 Å². The fourth-order valence-corrected chi connectivity index (χ4v) is 4.74. The van der Waals surface area contributed by atoms with E-state index in [4.69, 9.17) is 9.84 Å². The predicted molar refractivity (Wildman–Crippen MR) is 75.2 cm³/mol. The van der Waals surface area contributed by atoms with Crippen LogP contribution < -0.4 is 4.90 Å². The Hall–Kier alpha value is -1.19. The Bertz CT molecular complexity index is 610. The van der Waals surface area contributed by atoms with Gasteiger partial charge in [-0.3, -0.25) is 0 Å². The van der Waals surface area contributed by atoms with Crippen molar-refractivity contribution in [1.29, 1.82) is 0 Å². The summed E-state index contributed by atoms with van der Waals surface area (Å²) in [6.45, 7) is 2.26. The molecule has 9 heteroatoms. The molecule has 0 bridgehead atoms. The molecule has 1 aromatic rings. The Morgan fingerprint density at radius 2 is 2.30 bits per heavy atom. The number of nitrogens with zero attached hydrogens (tertiary/aromatic N) is 2. The molecule has 0 amide bonds. The van der Waals surface area contributed by atoms with Gasteiger partial charge in [0.25, 0.3) is 0 Å². The fourth-order valence-electron chi connectivity index (χ4n) is 2.15. The van der Waals surface area contributed by atoms with E-state index in [1.54, 1.807) is 6.92 Å². The van der Waals surface area contributed by atoms with Crippen molar-refractivity contribution < 1.29 is 23.1 Å². The number of methoxy groups -OCH3 is 1. The van der Waals surface area contributed by atoms with Crippen molar-refractivity contribution in [2.75, 3.05) is 30.1 Å². The van der Waals surface area contributed by atoms with Crippen molar-refractivity contribution in [3.63, 3.8) is 0 Å². The van der Waals surface area contributed by atoms with Crippen molar-refractivity contribution in [3.05, 3.63) is 10.6 Å². The monoisotopic (exact) mass is 320 g/mol. The summed E-state index contributed by atoms with van der Waals surface area (Å²) >= 11 is 1.06. The first kappa shape index (κ1) is 15.2. The summed E-state index contributed by atoms with van der Waals surface area (Å²) in [5.41, 5.74) is 0.376. The van der Waals surface area contributed by atoms with E-state index in [-0.39, 0.29) is 29.0 Å². The standard InChI is InChI=1S/C11H16N2O5S2/c1-7-6-20(16,17)4-3-13(7)11-12-8(5-18-2)9(19-11)10(14)15/h7H,3-6H2,1-2H3,(H,14,15). The Morgan fingerprint density at radius 1 is 1.60 bits per heavy atom. The number of rotatable bonds is 4. The maximum Gasteiger partial charge on any atom is 0.347 e. The van der Waals surface area contributed by atoms with Crippen LogP contribution in [0.5, 0.6) is 0 Å². The Balaban J connectivity index is 2.29. The molecule has 1 fully saturated rings. The maximum atomic E-state index is 11.6. The predicted octanol–water partition coefficient (Wildman–Crippen LogP) is 0.611. The summed E-state index contributed by atoms with van der Waals surface area (Å²) < 4.78 is 28.1. The van der Waals surface area contributed by atoms with Crippen molar-refractivity contribution in [2.24, 2.45) is 0 Å². The van der Waals surface area contributed by atoms with E-state index in [1.807, 2.05) is 4.90 Å². The number of carboxylic acid groups (broad SMARTS) is 1. The normalized spacial score (nSPS) is 21.9. The van der Waals surface area contributed by atoms with Crippen LogP contribution in [0.3, 0.4) is 0 Å². The van der Waals surface area contributed by atoms with Crippen LogP contribution in [0.2, 0.25) is 0 Å². The molecule has 2 rings (SSSR count). The minimum Gasteiger partial charge on any atom is -0.477 e. The van der Waals surface area contributed by atoms with Crippen molar-refractivity contribution >= 4 is 32.3 Å². The number of anilines is 1. The van der Waals surface area contributed by atoms with Gasteiger partial charge < -0.3 is 14.7 Å². The maximum absolute atomic E-state index is 11.6. The van der Waals surface area contributed by atoms with Gasteiger partial charge in [-0.25, -0.2) is 18.2 Å². The van der Waals surface area contributed by atoms with Crippen LogP contribution in [-0.2, 0) is 21.2 Å². The molecule has 1 N–H and O–H groups in total. The number of hydrogen-bond acceptors (Lipinski definition) is 7. The van der Waals surface area contributed by atoms with E-state index in [9.17, 15) is 13.2 Å². The summed E-state index contributed by atoms with van der Waals surface area (Å²) in [5.74, 6) is -0.911. The van der Waals surface area contributed by atoms with E-state index < -0.39 is 15.8 Å². The van der Waals surface area contributed by atoms with Crippen LogP contribution in [0, 0.1) is 0 Å². The van der Waals surface area contributed by atoms with Gasteiger partial charge in [-0.05, 0) is 6.92 Å². The summed E-state index contributed by atoms with van der Waals surface area (Å²) in [6.07, 6.45) is 0. The second-order valence-electron chi connectivity index (χ2n) is 4.67. The quantitative estimate of drug-likeness (QED) is 0.868. The summed E-state index contributed by atoms with van der Waals surface area (Å²) in [4.78, 5) is 17.5. The van der Waals surface area contributed by atoms with Gasteiger partial charge in [0, 0.05) is 19.7 Å². The zero-order chi connectivity index (χ0) is 14.9. The van der Waals surface area contributed by atoms with Gasteiger partial charge in [0.1, 0.15) is 4.88 Å². The summed E-state index contributed by atoms with van der Waals surface area (Å²) in [7, 11) is -1.54. The highest BCUT2D eigenvalue weighted by atomic mass is 32.2. The molecule has 1 aromatic heterocycles. The second-order valence-corrected chi connectivity index (χ2v) is 7.87. The van der Waals surface area contributed by atoms with E-state index in [0.29, 0.717) is 17.4 Å². The molecule has 20 heavy (non-hydrogen) atoms. The molecule has 1 aliphatic heterocycles. The molecule has 0 radical (unpaired) electrons. The lowest BCUT2D eigenvalue weighted by molar-refractivity contribution is 0.0697. The fraction of sp³-hybridized carbons (Fsp3) is 0.636. The number of ether oxygens (including phenoxy) is 1. The SMILES string of the molecule is COCc1nc(N2CCS(=O)(=O)CC2C)sc1C(=O)O. The molecule has 1 saturated heterocycles. The highest BCUT2D eigenvalue weighted by Crippen LogP contribution is 2.30. The highest BCUT2D eigenvalue weighted by molar-refractivity contribution is 7.91. The van der Waals surface area contributed by atoms with Crippen molar-refractivity contribution in [2.45, 2.75) is 19.6 Å². The second kappa shape index (κ2) is 5.66. The lowest BCUT2D eigenvalue weighted by atomic mass is 10.3. The summed E-state index contributed by atoms with van der Waals surface area (Å²) in [5, 5.41) is 9.69. The zero-order valence-electron chi connectivity index (χ0n) is 11.2. The lowest BCUT2D eigenvalue weighted by Crippen LogP contribution is -2.47. The first-order chi connectivity index (χ1) is 9.34. The van der Waals surface area contributed by atoms with Crippen LogP contribution in [0.4, 0.5) is 5.13 Å². The number of hydrogen-bond donors (Lipinski definition) is 1. The molecule has 112 valence electrons. The van der Waals surface area contributed by atoms with E-state index in [2.05, 4.69) is 4.98 Å². The van der Waals surface area contributed by atoms with E-state index in [1.165, 1.54) is 7.11 Å². The van der Waals surface area contributed by atoms with E-state index in [0.717, 1.165) is 11.3 Å². The van der Waals surface area contributed by atoms with Crippen molar-refractivity contribution in [3.8, 4) is 0 Å². The zero-order valence-corrected chi connectivity index (χ0v) is 12.8. The molecule has 0 aliphatic carbocycles. The average molecular weight is 320 g/mol. The van der Waals surface area contributed by atoms with Crippen LogP contribution in [-0.4, -0.2) is 55.7 Å². The van der Waals surface area contributed by atoms with Gasteiger partial charge in [0.2, 0.25) is 0 Å². The number of aromatic nitrogens is 1. The topological polar surface area (TPSA) is 96.8 Å². The van der Waals surface area contributed by atoms with Crippen LogP contribution in [0.1, 0.15) is 22.3 Å². The molecule has 7 nitrogen and oxygen atoms in total. The van der Waals surface area contributed by atoms with Gasteiger partial charge in [0.15, 0.2) is 15.0 Å². The molecule has 1 atom stereocenters. The molecule has 0 spiro atoms. The largest absolute Gasteiger partial charge is 0.477 e. The Kier molecular flexibility index (Phi) is 4.31. The minimum atomic E-state index is -3.01. The van der Waals surface area contributed by atoms with Crippen molar-refractivity contribution in [1.82, 2.24) is 4.98 Å². The number of carboxylic acids is 1. The number of sulfone groups is 1. The molecular formula is C11H16N2O5S2. The molecular weight excluding hydrogens is 304 g/mol. The minimum absolute atomic E-state index is 0.0641. The van der Waals surface area contributed by atoms with Crippen LogP contribution in [0.15, 0.2) is 0 Å². The first-order valence-corrected chi connectivity index (χ1v) is 8.67. The third-order valence-corrected chi connectivity index (χ3v) is 6.00. The summed E-state index contributed by atoms with van der Waals surface area (Å²) in [6, 6.07) is -0.211. The number of carbonyl (C=O) groups is 1. The molecule has 1 aliphatic rings. The number of thiazole rings is 1. The first-order valence-electron chi connectivity index (χ1n) is 6.03. The molecule has 0 aromatic carbocycles. The lowest BCUT2D eigenvalue weighted by Gasteiger charge is -2.32. The average Bonchev–Trinajstić information content (AvgIpc) is 2.72. The Labute approximate surface area is 121 Å².